The number of ether oxygens (including phenoxy) is 2. The van der Waals surface area contributed by atoms with Gasteiger partial charge in [0.15, 0.2) is 5.54 Å². The van der Waals surface area contributed by atoms with Crippen LogP contribution in [0.1, 0.15) is 0 Å². The van der Waals surface area contributed by atoms with E-state index in [9.17, 15) is 14.7 Å². The maximum Gasteiger partial charge on any atom is 0.410 e. The fourth-order valence-corrected chi connectivity index (χ4v) is 2.28. The molecule has 0 atom stereocenters. The Bertz CT molecular complexity index is 372. The van der Waals surface area contributed by atoms with Crippen molar-refractivity contribution in [1.29, 1.82) is 0 Å². The minimum Gasteiger partial charge on any atom is -0.480 e. The molecule has 0 saturated carbocycles. The van der Waals surface area contributed by atoms with Crippen molar-refractivity contribution in [2.45, 2.75) is 5.54 Å². The first-order valence-corrected chi connectivity index (χ1v) is 6.19. The average molecular weight is 270 g/mol. The van der Waals surface area contributed by atoms with Crippen molar-refractivity contribution in [2.24, 2.45) is 0 Å². The second-order valence-corrected chi connectivity index (χ2v) is 4.67. The van der Waals surface area contributed by atoms with E-state index in [4.69, 9.17) is 9.47 Å². The molecule has 1 amide bonds. The van der Waals surface area contributed by atoms with E-state index in [2.05, 4.69) is 6.58 Å². The molecule has 1 N–H and O–H groups in total. The van der Waals surface area contributed by atoms with Crippen molar-refractivity contribution >= 4 is 12.1 Å². The number of hydrogen-bond acceptors (Lipinski definition) is 5. The Labute approximate surface area is 111 Å². The van der Waals surface area contributed by atoms with Crippen molar-refractivity contribution in [3.63, 3.8) is 0 Å². The summed E-state index contributed by atoms with van der Waals surface area (Å²) >= 11 is 0. The molecule has 0 aromatic carbocycles. The normalized spacial score (nSPS) is 22.4. The van der Waals surface area contributed by atoms with Gasteiger partial charge in [-0.05, 0) is 0 Å². The van der Waals surface area contributed by atoms with E-state index in [-0.39, 0.29) is 25.9 Å². The van der Waals surface area contributed by atoms with Gasteiger partial charge in [-0.2, -0.15) is 0 Å². The van der Waals surface area contributed by atoms with Gasteiger partial charge in [0.25, 0.3) is 0 Å². The van der Waals surface area contributed by atoms with Gasteiger partial charge < -0.3 is 19.5 Å². The number of piperazine rings is 1. The number of carbonyl (C=O) groups is 2. The Hall–Kier alpha value is -1.60. The van der Waals surface area contributed by atoms with E-state index < -0.39 is 11.5 Å². The summed E-state index contributed by atoms with van der Waals surface area (Å²) in [4.78, 5) is 26.4. The molecule has 2 fully saturated rings. The van der Waals surface area contributed by atoms with E-state index in [1.807, 2.05) is 4.90 Å². The van der Waals surface area contributed by atoms with Crippen LogP contribution in [-0.4, -0.2) is 78.5 Å². The van der Waals surface area contributed by atoms with Gasteiger partial charge in [-0.1, -0.05) is 12.7 Å². The molecule has 0 radical (unpaired) electrons. The molecule has 7 heteroatoms. The largest absolute Gasteiger partial charge is 0.480 e. The topological polar surface area (TPSA) is 79.3 Å². The second kappa shape index (κ2) is 5.58. The Morgan fingerprint density at radius 2 is 1.95 bits per heavy atom. The number of carboxylic acid groups (broad SMARTS) is 1. The first kappa shape index (κ1) is 13.8. The summed E-state index contributed by atoms with van der Waals surface area (Å²) in [6.45, 7) is 6.04. The summed E-state index contributed by atoms with van der Waals surface area (Å²) < 4.78 is 9.99. The van der Waals surface area contributed by atoms with E-state index in [1.54, 1.807) is 4.90 Å². The molecule has 0 bridgehead atoms. The molecule has 7 nitrogen and oxygen atoms in total. The second-order valence-electron chi connectivity index (χ2n) is 4.67. The van der Waals surface area contributed by atoms with Crippen LogP contribution in [0.4, 0.5) is 4.79 Å². The van der Waals surface area contributed by atoms with Crippen LogP contribution in [0, 0.1) is 0 Å². The maximum absolute atomic E-state index is 11.6. The summed E-state index contributed by atoms with van der Waals surface area (Å²) in [5, 5.41) is 9.29. The van der Waals surface area contributed by atoms with Crippen molar-refractivity contribution < 1.29 is 24.2 Å². The molecule has 2 rings (SSSR count). The minimum absolute atomic E-state index is 0.186. The molecule has 106 valence electrons. The van der Waals surface area contributed by atoms with Crippen LogP contribution in [0.5, 0.6) is 0 Å². The van der Waals surface area contributed by atoms with Gasteiger partial charge >= 0.3 is 12.1 Å². The highest BCUT2D eigenvalue weighted by Crippen LogP contribution is 2.26. The summed E-state index contributed by atoms with van der Waals surface area (Å²) in [5.74, 6) is -0.860. The average Bonchev–Trinajstić information content (AvgIpc) is 2.35. The maximum atomic E-state index is 11.6. The van der Waals surface area contributed by atoms with Gasteiger partial charge in [0.05, 0.1) is 13.2 Å². The molecule has 0 spiro atoms. The Morgan fingerprint density at radius 3 is 2.37 bits per heavy atom. The smallest absolute Gasteiger partial charge is 0.410 e. The number of hydrogen-bond donors (Lipinski definition) is 1. The fraction of sp³-hybridized carbons (Fsp3) is 0.667. The molecule has 19 heavy (non-hydrogen) atoms. The van der Waals surface area contributed by atoms with Crippen LogP contribution in [-0.2, 0) is 14.3 Å². The third kappa shape index (κ3) is 2.57. The van der Waals surface area contributed by atoms with E-state index >= 15 is 0 Å². The number of carboxylic acids is 1. The van der Waals surface area contributed by atoms with Crippen LogP contribution < -0.4 is 0 Å². The molecule has 2 aliphatic rings. The zero-order valence-electron chi connectivity index (χ0n) is 10.7. The highest BCUT2D eigenvalue weighted by Gasteiger charge is 2.51. The van der Waals surface area contributed by atoms with Gasteiger partial charge in [0.2, 0.25) is 0 Å². The minimum atomic E-state index is -0.906. The van der Waals surface area contributed by atoms with Gasteiger partial charge in [0.1, 0.15) is 6.61 Å². The third-order valence-electron chi connectivity index (χ3n) is 3.55. The van der Waals surface area contributed by atoms with Crippen molar-refractivity contribution in [3.05, 3.63) is 12.7 Å². The number of amides is 1. The number of rotatable bonds is 4. The Morgan fingerprint density at radius 1 is 1.32 bits per heavy atom. The predicted octanol–water partition coefficient (Wildman–Crippen LogP) is -0.220. The first-order chi connectivity index (χ1) is 9.10. The lowest BCUT2D eigenvalue weighted by Crippen LogP contribution is -2.70. The molecular weight excluding hydrogens is 252 g/mol. The molecule has 0 aliphatic carbocycles. The van der Waals surface area contributed by atoms with E-state index in [0.717, 1.165) is 0 Å². The van der Waals surface area contributed by atoms with Crippen LogP contribution >= 0.6 is 0 Å². The van der Waals surface area contributed by atoms with Crippen molar-refractivity contribution in [1.82, 2.24) is 9.80 Å². The van der Waals surface area contributed by atoms with E-state index in [1.165, 1.54) is 6.08 Å². The molecule has 2 heterocycles. The molecule has 2 aliphatic heterocycles. The lowest BCUT2D eigenvalue weighted by Gasteiger charge is -2.48. The van der Waals surface area contributed by atoms with Crippen molar-refractivity contribution in [3.8, 4) is 0 Å². The van der Waals surface area contributed by atoms with Crippen LogP contribution in [0.3, 0.4) is 0 Å². The number of carbonyl (C=O) groups excluding carboxylic acids is 1. The van der Waals surface area contributed by atoms with Crippen LogP contribution in [0.15, 0.2) is 12.7 Å². The lowest BCUT2D eigenvalue weighted by atomic mass is 9.94. The zero-order chi connectivity index (χ0) is 13.9. The van der Waals surface area contributed by atoms with Gasteiger partial charge in [0, 0.05) is 26.2 Å². The Balaban J connectivity index is 1.87. The van der Waals surface area contributed by atoms with Crippen LogP contribution in [0.25, 0.3) is 0 Å². The standard InChI is InChI=1S/C12H18N2O5/c1-2-7-19-11(17)13-3-5-14(6-4-13)12(10(15)16)8-18-9-12/h2H,1,3-9H2,(H,15,16). The lowest BCUT2D eigenvalue weighted by molar-refractivity contribution is -0.190. The fourth-order valence-electron chi connectivity index (χ4n) is 2.28. The Kier molecular flexibility index (Phi) is 4.06. The number of nitrogens with zero attached hydrogens (tertiary/aromatic N) is 2. The summed E-state index contributed by atoms with van der Waals surface area (Å²) in [6, 6.07) is 0. The highest BCUT2D eigenvalue weighted by atomic mass is 16.6. The summed E-state index contributed by atoms with van der Waals surface area (Å²) in [5.41, 5.74) is -0.906. The predicted molar refractivity (Wildman–Crippen MR) is 65.9 cm³/mol. The SMILES string of the molecule is C=CCOC(=O)N1CCN(C2(C(=O)O)COC2)CC1. The third-order valence-corrected chi connectivity index (χ3v) is 3.55. The number of aliphatic carboxylic acids is 1. The zero-order valence-corrected chi connectivity index (χ0v) is 10.7. The monoisotopic (exact) mass is 270 g/mol. The van der Waals surface area contributed by atoms with E-state index in [0.29, 0.717) is 26.2 Å². The van der Waals surface area contributed by atoms with Gasteiger partial charge in [-0.3, -0.25) is 9.69 Å². The molecular formula is C12H18N2O5. The highest BCUT2D eigenvalue weighted by molar-refractivity contribution is 5.80. The van der Waals surface area contributed by atoms with Crippen molar-refractivity contribution in [2.75, 3.05) is 46.0 Å². The summed E-state index contributed by atoms with van der Waals surface area (Å²) in [6.07, 6.45) is 1.13. The molecule has 0 aromatic rings. The molecule has 2 saturated heterocycles. The quantitative estimate of drug-likeness (QED) is 0.711. The molecule has 0 aromatic heterocycles. The molecule has 0 unspecified atom stereocenters. The van der Waals surface area contributed by atoms with Crippen LogP contribution in [0.2, 0.25) is 0 Å². The van der Waals surface area contributed by atoms with Gasteiger partial charge in [-0.15, -0.1) is 0 Å². The summed E-state index contributed by atoms with van der Waals surface area (Å²) in [7, 11) is 0. The van der Waals surface area contributed by atoms with Gasteiger partial charge in [-0.25, -0.2) is 4.79 Å². The first-order valence-electron chi connectivity index (χ1n) is 6.19.